The van der Waals surface area contributed by atoms with Crippen molar-refractivity contribution in [2.24, 2.45) is 0 Å². The Labute approximate surface area is 99.8 Å². The third kappa shape index (κ3) is 2.57. The number of nitrogens with two attached hydrogens (primary N) is 1. The summed E-state index contributed by atoms with van der Waals surface area (Å²) in [6, 6.07) is 5.47. The molecule has 0 saturated heterocycles. The van der Waals surface area contributed by atoms with Crippen LogP contribution >= 0.6 is 0 Å². The predicted octanol–water partition coefficient (Wildman–Crippen LogP) is 1.22. The molecule has 1 atom stereocenters. The molecule has 1 aromatic carbocycles. The Morgan fingerprint density at radius 3 is 3.00 bits per heavy atom. The second-order valence-electron chi connectivity index (χ2n) is 4.28. The van der Waals surface area contributed by atoms with Crippen LogP contribution in [0.5, 0.6) is 0 Å². The summed E-state index contributed by atoms with van der Waals surface area (Å²) in [6.45, 7) is 2.63. The number of aromatic nitrogens is 1. The van der Waals surface area contributed by atoms with E-state index in [1.54, 1.807) is 12.1 Å². The molecule has 5 heteroatoms. The molecule has 2 rings (SSSR count). The lowest BCUT2D eigenvalue weighted by atomic mass is 10.3. The van der Waals surface area contributed by atoms with E-state index < -0.39 is 0 Å². The minimum Gasteiger partial charge on any atom is -0.439 e. The van der Waals surface area contributed by atoms with Crippen molar-refractivity contribution in [1.29, 1.82) is 0 Å². The SMILES string of the molecule is CC(CO)N(C)Cc1nc2cc(N)ccc2o1. The van der Waals surface area contributed by atoms with Crippen LogP contribution in [0.3, 0.4) is 0 Å². The zero-order valence-electron chi connectivity index (χ0n) is 10.1. The summed E-state index contributed by atoms with van der Waals surface area (Å²) in [6.07, 6.45) is 0. The lowest BCUT2D eigenvalue weighted by molar-refractivity contribution is 0.145. The van der Waals surface area contributed by atoms with Crippen molar-refractivity contribution in [3.8, 4) is 0 Å². The van der Waals surface area contributed by atoms with Gasteiger partial charge in [-0.25, -0.2) is 4.98 Å². The highest BCUT2D eigenvalue weighted by Gasteiger charge is 2.12. The lowest BCUT2D eigenvalue weighted by Crippen LogP contribution is -2.31. The largest absolute Gasteiger partial charge is 0.439 e. The number of likely N-dealkylation sites (N-methyl/N-ethyl adjacent to an activating group) is 1. The number of oxazole rings is 1. The smallest absolute Gasteiger partial charge is 0.209 e. The van der Waals surface area contributed by atoms with Gasteiger partial charge in [-0.2, -0.15) is 0 Å². The monoisotopic (exact) mass is 235 g/mol. The van der Waals surface area contributed by atoms with Crippen LogP contribution in [0.4, 0.5) is 5.69 Å². The van der Waals surface area contributed by atoms with E-state index in [4.69, 9.17) is 15.3 Å². The molecule has 1 aromatic heterocycles. The van der Waals surface area contributed by atoms with E-state index in [2.05, 4.69) is 4.98 Å². The van der Waals surface area contributed by atoms with Crippen molar-refractivity contribution < 1.29 is 9.52 Å². The number of benzene rings is 1. The molecular formula is C12H17N3O2. The fourth-order valence-corrected chi connectivity index (χ4v) is 1.57. The highest BCUT2D eigenvalue weighted by Crippen LogP contribution is 2.19. The molecule has 0 aliphatic carbocycles. The Bertz CT molecular complexity index is 509. The number of rotatable bonds is 4. The molecule has 0 bridgehead atoms. The van der Waals surface area contributed by atoms with Gasteiger partial charge in [-0.15, -0.1) is 0 Å². The molecule has 0 spiro atoms. The zero-order valence-corrected chi connectivity index (χ0v) is 10.1. The Kier molecular flexibility index (Phi) is 3.31. The van der Waals surface area contributed by atoms with Gasteiger partial charge in [0.15, 0.2) is 5.58 Å². The van der Waals surface area contributed by atoms with Crippen molar-refractivity contribution in [3.63, 3.8) is 0 Å². The van der Waals surface area contributed by atoms with Crippen molar-refractivity contribution >= 4 is 16.8 Å². The van der Waals surface area contributed by atoms with Gasteiger partial charge in [0.2, 0.25) is 5.89 Å². The van der Waals surface area contributed by atoms with Gasteiger partial charge in [-0.1, -0.05) is 0 Å². The van der Waals surface area contributed by atoms with E-state index in [0.717, 1.165) is 11.1 Å². The number of nitrogen functional groups attached to an aromatic ring is 1. The molecule has 3 N–H and O–H groups in total. The summed E-state index contributed by atoms with van der Waals surface area (Å²) in [5.41, 5.74) is 7.86. The molecule has 1 heterocycles. The van der Waals surface area contributed by atoms with E-state index in [1.807, 2.05) is 24.9 Å². The van der Waals surface area contributed by atoms with Crippen LogP contribution in [0.1, 0.15) is 12.8 Å². The number of aliphatic hydroxyl groups is 1. The van der Waals surface area contributed by atoms with Crippen LogP contribution in [-0.2, 0) is 6.54 Å². The summed E-state index contributed by atoms with van der Waals surface area (Å²) in [5, 5.41) is 9.05. The maximum Gasteiger partial charge on any atom is 0.209 e. The highest BCUT2D eigenvalue weighted by atomic mass is 16.3. The van der Waals surface area contributed by atoms with Crippen LogP contribution in [0.25, 0.3) is 11.1 Å². The van der Waals surface area contributed by atoms with E-state index >= 15 is 0 Å². The van der Waals surface area contributed by atoms with Crippen LogP contribution in [-0.4, -0.2) is 34.7 Å². The number of aliphatic hydroxyl groups excluding tert-OH is 1. The Balaban J connectivity index is 2.19. The Hall–Kier alpha value is -1.59. The van der Waals surface area contributed by atoms with Crippen LogP contribution in [0.15, 0.2) is 22.6 Å². The van der Waals surface area contributed by atoms with Gasteiger partial charge in [0.05, 0.1) is 13.2 Å². The van der Waals surface area contributed by atoms with E-state index in [9.17, 15) is 0 Å². The molecule has 0 radical (unpaired) electrons. The first-order valence-corrected chi connectivity index (χ1v) is 5.56. The van der Waals surface area contributed by atoms with E-state index in [1.165, 1.54) is 0 Å². The molecule has 2 aromatic rings. The Morgan fingerprint density at radius 2 is 2.29 bits per heavy atom. The first-order valence-electron chi connectivity index (χ1n) is 5.56. The number of anilines is 1. The highest BCUT2D eigenvalue weighted by molar-refractivity contribution is 5.76. The molecule has 0 aliphatic rings. The second kappa shape index (κ2) is 4.73. The lowest BCUT2D eigenvalue weighted by Gasteiger charge is -2.20. The zero-order chi connectivity index (χ0) is 12.4. The predicted molar refractivity (Wildman–Crippen MR) is 66.4 cm³/mol. The maximum atomic E-state index is 9.05. The van der Waals surface area contributed by atoms with Crippen molar-refractivity contribution in [2.75, 3.05) is 19.4 Å². The fourth-order valence-electron chi connectivity index (χ4n) is 1.57. The van der Waals surface area contributed by atoms with Crippen molar-refractivity contribution in [2.45, 2.75) is 19.5 Å². The molecule has 1 unspecified atom stereocenters. The van der Waals surface area contributed by atoms with Gasteiger partial charge in [0, 0.05) is 11.7 Å². The quantitative estimate of drug-likeness (QED) is 0.779. The molecule has 5 nitrogen and oxygen atoms in total. The summed E-state index contributed by atoms with van der Waals surface area (Å²) in [7, 11) is 1.92. The molecule has 92 valence electrons. The van der Waals surface area contributed by atoms with Gasteiger partial charge in [-0.05, 0) is 32.2 Å². The number of hydrogen-bond acceptors (Lipinski definition) is 5. The number of hydrogen-bond donors (Lipinski definition) is 2. The first-order chi connectivity index (χ1) is 8.10. The van der Waals surface area contributed by atoms with E-state index in [0.29, 0.717) is 18.1 Å². The van der Waals surface area contributed by atoms with Gasteiger partial charge in [-0.3, -0.25) is 4.90 Å². The van der Waals surface area contributed by atoms with E-state index in [-0.39, 0.29) is 12.6 Å². The maximum absolute atomic E-state index is 9.05. The molecule has 0 saturated carbocycles. The molecule has 0 amide bonds. The minimum absolute atomic E-state index is 0.0788. The van der Waals surface area contributed by atoms with Crippen LogP contribution < -0.4 is 5.73 Å². The molecule has 0 fully saturated rings. The first kappa shape index (κ1) is 11.9. The normalized spacial score (nSPS) is 13.4. The van der Waals surface area contributed by atoms with Crippen molar-refractivity contribution in [1.82, 2.24) is 9.88 Å². The minimum atomic E-state index is 0.0788. The van der Waals surface area contributed by atoms with Gasteiger partial charge < -0.3 is 15.3 Å². The average molecular weight is 235 g/mol. The number of nitrogens with zero attached hydrogens (tertiary/aromatic N) is 2. The summed E-state index contributed by atoms with van der Waals surface area (Å²) >= 11 is 0. The van der Waals surface area contributed by atoms with Gasteiger partial charge in [0.25, 0.3) is 0 Å². The fraction of sp³-hybridized carbons (Fsp3) is 0.417. The second-order valence-corrected chi connectivity index (χ2v) is 4.28. The Morgan fingerprint density at radius 1 is 1.53 bits per heavy atom. The molecule has 0 aliphatic heterocycles. The van der Waals surface area contributed by atoms with Crippen molar-refractivity contribution in [3.05, 3.63) is 24.1 Å². The summed E-state index contributed by atoms with van der Waals surface area (Å²) < 4.78 is 5.60. The standard InChI is InChI=1S/C12H17N3O2/c1-8(7-16)15(2)6-12-14-10-5-9(13)3-4-11(10)17-12/h3-5,8,16H,6-7,13H2,1-2H3. The third-order valence-electron chi connectivity index (χ3n) is 2.86. The molecule has 17 heavy (non-hydrogen) atoms. The van der Waals surface area contributed by atoms with Crippen LogP contribution in [0, 0.1) is 0 Å². The summed E-state index contributed by atoms with van der Waals surface area (Å²) in [5.74, 6) is 0.633. The van der Waals surface area contributed by atoms with Crippen LogP contribution in [0.2, 0.25) is 0 Å². The molecular weight excluding hydrogens is 218 g/mol. The van der Waals surface area contributed by atoms with Gasteiger partial charge in [0.1, 0.15) is 5.52 Å². The average Bonchev–Trinajstić information content (AvgIpc) is 2.69. The topological polar surface area (TPSA) is 75.5 Å². The number of fused-ring (bicyclic) bond motifs is 1. The summed E-state index contributed by atoms with van der Waals surface area (Å²) in [4.78, 5) is 6.34. The van der Waals surface area contributed by atoms with Gasteiger partial charge >= 0.3 is 0 Å². The third-order valence-corrected chi connectivity index (χ3v) is 2.86.